The van der Waals surface area contributed by atoms with Crippen LogP contribution in [0.2, 0.25) is 0 Å². The predicted octanol–water partition coefficient (Wildman–Crippen LogP) is -0.947. The summed E-state index contributed by atoms with van der Waals surface area (Å²) in [4.78, 5) is 21.5. The molecule has 0 aromatic carbocycles. The SMILES string of the molecule is O=Cn1[nH]c(=O)[nH][nH]c(=S)[nH]1. The molecule has 1 rings (SSSR count). The lowest BCUT2D eigenvalue weighted by Gasteiger charge is -1.85. The molecule has 0 amide bonds. The lowest BCUT2D eigenvalue weighted by atomic mass is 11.3. The van der Waals surface area contributed by atoms with Gasteiger partial charge in [0, 0.05) is 0 Å². The Labute approximate surface area is 64.7 Å². The van der Waals surface area contributed by atoms with Crippen molar-refractivity contribution in [3.8, 4) is 0 Å². The number of nitrogens with zero attached hydrogens (tertiary/aromatic N) is 1. The van der Waals surface area contributed by atoms with Crippen LogP contribution < -0.4 is 5.69 Å². The molecular weight excluding hydrogens is 170 g/mol. The van der Waals surface area contributed by atoms with E-state index in [2.05, 4.69) is 32.6 Å². The number of carbonyl (C=O) groups excluding carboxylic acids is 1. The average molecular weight is 175 g/mol. The fourth-order valence-corrected chi connectivity index (χ4v) is 0.618. The maximum Gasteiger partial charge on any atom is 0.353 e. The average Bonchev–Trinajstić information content (AvgIpc) is 2.13. The van der Waals surface area contributed by atoms with Gasteiger partial charge in [-0.15, -0.1) is 0 Å². The van der Waals surface area contributed by atoms with Crippen LogP contribution in [0.3, 0.4) is 0 Å². The van der Waals surface area contributed by atoms with Crippen molar-refractivity contribution in [2.24, 2.45) is 0 Å². The van der Waals surface area contributed by atoms with Gasteiger partial charge in [-0.25, -0.2) is 15.0 Å². The molecule has 1 heterocycles. The minimum absolute atomic E-state index is 0.121. The molecule has 4 N–H and O–H groups in total. The van der Waals surface area contributed by atoms with Gasteiger partial charge >= 0.3 is 5.69 Å². The molecule has 1 aromatic heterocycles. The van der Waals surface area contributed by atoms with Gasteiger partial charge in [-0.3, -0.25) is 15.0 Å². The van der Waals surface area contributed by atoms with Gasteiger partial charge < -0.3 is 0 Å². The van der Waals surface area contributed by atoms with E-state index in [4.69, 9.17) is 0 Å². The van der Waals surface area contributed by atoms with E-state index in [0.29, 0.717) is 6.41 Å². The van der Waals surface area contributed by atoms with Gasteiger partial charge in [0.25, 0.3) is 0 Å². The summed E-state index contributed by atoms with van der Waals surface area (Å²) in [5, 5.41) is 8.93. The van der Waals surface area contributed by atoms with Crippen LogP contribution in [0.15, 0.2) is 4.79 Å². The van der Waals surface area contributed by atoms with E-state index in [1.165, 1.54) is 0 Å². The van der Waals surface area contributed by atoms with Crippen LogP contribution in [-0.4, -0.2) is 31.6 Å². The van der Waals surface area contributed by atoms with Crippen molar-refractivity contribution < 1.29 is 4.79 Å². The van der Waals surface area contributed by atoms with Crippen molar-refractivity contribution in [2.75, 3.05) is 0 Å². The van der Waals surface area contributed by atoms with Crippen molar-refractivity contribution in [3.63, 3.8) is 0 Å². The summed E-state index contributed by atoms with van der Waals surface area (Å²) < 4.78 is 0.121. The first-order valence-electron chi connectivity index (χ1n) is 2.60. The maximum absolute atomic E-state index is 10.6. The molecule has 0 spiro atoms. The van der Waals surface area contributed by atoms with Crippen LogP contribution in [0.25, 0.3) is 0 Å². The molecule has 0 atom stereocenters. The van der Waals surface area contributed by atoms with Gasteiger partial charge in [-0.1, -0.05) is 0 Å². The van der Waals surface area contributed by atoms with Crippen LogP contribution >= 0.6 is 12.2 Å². The van der Waals surface area contributed by atoms with Crippen molar-refractivity contribution >= 4 is 18.6 Å². The standard InChI is InChI=1S/C3H5N5O2S/c9-1-8-6-2(10)4-5-3(11)7-8/h1H,(H2,4,6,10)(H2,5,7,11). The molecule has 7 nitrogen and oxygen atoms in total. The number of nitrogens with one attached hydrogen (secondary N) is 4. The van der Waals surface area contributed by atoms with Crippen LogP contribution in [0.4, 0.5) is 0 Å². The summed E-state index contributed by atoms with van der Waals surface area (Å²) in [6.45, 7) is 0. The third-order valence-electron chi connectivity index (χ3n) is 0.839. The van der Waals surface area contributed by atoms with Crippen molar-refractivity contribution in [1.82, 2.24) is 25.2 Å². The van der Waals surface area contributed by atoms with E-state index < -0.39 is 5.69 Å². The van der Waals surface area contributed by atoms with E-state index in [1.807, 2.05) is 0 Å². The largest absolute Gasteiger partial charge is 0.353 e. The Morgan fingerprint density at radius 2 is 2.09 bits per heavy atom. The van der Waals surface area contributed by atoms with Crippen molar-refractivity contribution in [2.45, 2.75) is 0 Å². The molecule has 8 heteroatoms. The summed E-state index contributed by atoms with van der Waals surface area (Å²) in [7, 11) is 0. The van der Waals surface area contributed by atoms with E-state index in [0.717, 1.165) is 4.80 Å². The molecule has 0 aliphatic rings. The minimum atomic E-state index is -0.579. The van der Waals surface area contributed by atoms with Crippen molar-refractivity contribution in [1.29, 1.82) is 0 Å². The molecule has 0 aliphatic heterocycles. The summed E-state index contributed by atoms with van der Waals surface area (Å²) in [6, 6.07) is 0. The first-order valence-corrected chi connectivity index (χ1v) is 3.01. The summed E-state index contributed by atoms with van der Waals surface area (Å²) in [5.41, 5.74) is -0.579. The first kappa shape index (κ1) is 7.54. The quantitative estimate of drug-likeness (QED) is 0.327. The number of rotatable bonds is 1. The Morgan fingerprint density at radius 1 is 1.36 bits per heavy atom. The highest BCUT2D eigenvalue weighted by Crippen LogP contribution is 1.64. The van der Waals surface area contributed by atoms with Gasteiger partial charge in [-0.05, 0) is 12.2 Å². The Morgan fingerprint density at radius 3 is 2.73 bits per heavy atom. The lowest BCUT2D eigenvalue weighted by Crippen LogP contribution is -2.15. The highest BCUT2D eigenvalue weighted by atomic mass is 32.1. The van der Waals surface area contributed by atoms with E-state index >= 15 is 0 Å². The number of aromatic amines is 4. The van der Waals surface area contributed by atoms with E-state index in [1.54, 1.807) is 0 Å². The summed E-state index contributed by atoms with van der Waals surface area (Å²) in [6.07, 6.45) is 0.374. The maximum atomic E-state index is 10.6. The second-order valence-electron chi connectivity index (χ2n) is 1.61. The molecular formula is C3H5N5O2S. The van der Waals surface area contributed by atoms with Crippen LogP contribution in [0, 0.1) is 4.77 Å². The topological polar surface area (TPSA) is 102 Å². The van der Waals surface area contributed by atoms with Gasteiger partial charge in [-0.2, -0.15) is 4.80 Å². The Balaban J connectivity index is 3.56. The Hall–Kier alpha value is -1.57. The number of H-pyrrole nitrogens is 4. The zero-order valence-electron chi connectivity index (χ0n) is 5.25. The van der Waals surface area contributed by atoms with Crippen LogP contribution in [0.5, 0.6) is 0 Å². The highest BCUT2D eigenvalue weighted by Gasteiger charge is 1.81. The van der Waals surface area contributed by atoms with Crippen LogP contribution in [0.1, 0.15) is 0 Å². The third-order valence-corrected chi connectivity index (χ3v) is 1.03. The number of hydrogen-bond acceptors (Lipinski definition) is 3. The molecule has 60 valence electrons. The Bertz CT molecular complexity index is 353. The summed E-state index contributed by atoms with van der Waals surface area (Å²) >= 11 is 4.61. The monoisotopic (exact) mass is 175 g/mol. The molecule has 0 fully saturated rings. The lowest BCUT2D eigenvalue weighted by molar-refractivity contribution is 0.524. The zero-order chi connectivity index (χ0) is 8.27. The van der Waals surface area contributed by atoms with E-state index in [9.17, 15) is 9.59 Å². The fraction of sp³-hybridized carbons (Fsp3) is 0. The van der Waals surface area contributed by atoms with Gasteiger partial charge in [0.1, 0.15) is 0 Å². The molecule has 0 aliphatic carbocycles. The highest BCUT2D eigenvalue weighted by molar-refractivity contribution is 7.71. The number of aromatic nitrogens is 5. The number of hydrogen-bond donors (Lipinski definition) is 4. The van der Waals surface area contributed by atoms with Crippen molar-refractivity contribution in [3.05, 3.63) is 15.3 Å². The molecule has 0 radical (unpaired) electrons. The smallest absolute Gasteiger partial charge is 0.275 e. The second-order valence-corrected chi connectivity index (χ2v) is 2.02. The molecule has 0 saturated heterocycles. The Kier molecular flexibility index (Phi) is 2.06. The molecule has 11 heavy (non-hydrogen) atoms. The second kappa shape index (κ2) is 3.01. The van der Waals surface area contributed by atoms with Gasteiger partial charge in [0.15, 0.2) is 0 Å². The first-order chi connectivity index (χ1) is 5.22. The predicted molar refractivity (Wildman–Crippen MR) is 38.7 cm³/mol. The van der Waals surface area contributed by atoms with Crippen LogP contribution in [-0.2, 0) is 4.79 Å². The van der Waals surface area contributed by atoms with Gasteiger partial charge in [0.05, 0.1) is 0 Å². The molecule has 0 unspecified atom stereocenters. The molecule has 1 aromatic rings. The van der Waals surface area contributed by atoms with E-state index in [-0.39, 0.29) is 4.77 Å². The minimum Gasteiger partial charge on any atom is -0.275 e. The summed E-state index contributed by atoms with van der Waals surface area (Å²) in [5.74, 6) is 0. The fourth-order valence-electron chi connectivity index (χ4n) is 0.469. The third kappa shape index (κ3) is 1.93. The zero-order valence-corrected chi connectivity index (χ0v) is 6.07. The molecule has 0 bridgehead atoms. The number of carbonyl (C=O) groups is 1. The normalized spacial score (nSPS) is 9.09. The van der Waals surface area contributed by atoms with Gasteiger partial charge in [0.2, 0.25) is 11.2 Å². The molecule has 0 saturated carbocycles.